The van der Waals surface area contributed by atoms with Crippen LogP contribution in [0.5, 0.6) is 0 Å². The van der Waals surface area contributed by atoms with Gasteiger partial charge in [-0.25, -0.2) is 0 Å². The predicted molar refractivity (Wildman–Crippen MR) is 204 cm³/mol. The van der Waals surface area contributed by atoms with Crippen molar-refractivity contribution < 1.29 is 59.8 Å². The topological polar surface area (TPSA) is 199 Å². The summed E-state index contributed by atoms with van der Waals surface area (Å²) in [6.07, 6.45) is -5.36. The molecule has 19 atom stereocenters. The molecule has 12 nitrogen and oxygen atoms in total. The molecule has 4 saturated carbocycles. The molecule has 0 spiro atoms. The van der Waals surface area contributed by atoms with Crippen molar-refractivity contribution in [2.45, 2.75) is 187 Å². The maximum atomic E-state index is 12.3. The number of hydrogen-bond acceptors (Lipinski definition) is 12. The summed E-state index contributed by atoms with van der Waals surface area (Å²) in [5, 5.41) is 85.7. The Labute approximate surface area is 327 Å². The van der Waals surface area contributed by atoms with Gasteiger partial charge in [0.05, 0.1) is 25.4 Å². The molecular weight excluding hydrogens is 708 g/mol. The smallest absolute Gasteiger partial charge is 0.187 e. The van der Waals surface area contributed by atoms with Gasteiger partial charge in [-0.2, -0.15) is 0 Å². The summed E-state index contributed by atoms with van der Waals surface area (Å²) in [7, 11) is 0. The molecule has 0 aromatic rings. The average molecular weight is 781 g/mol. The third-order valence-electron chi connectivity index (χ3n) is 17.1. The van der Waals surface area contributed by atoms with Crippen LogP contribution in [-0.2, 0) is 18.9 Å². The molecule has 0 radical (unpaired) electrons. The van der Waals surface area contributed by atoms with E-state index < -0.39 is 92.2 Å². The van der Waals surface area contributed by atoms with Gasteiger partial charge in [-0.3, -0.25) is 0 Å². The van der Waals surface area contributed by atoms with Crippen LogP contribution < -0.4 is 0 Å². The van der Waals surface area contributed by atoms with Gasteiger partial charge in [-0.1, -0.05) is 65.3 Å². The van der Waals surface area contributed by atoms with Crippen LogP contribution in [0, 0.1) is 44.8 Å². The third-order valence-corrected chi connectivity index (χ3v) is 17.1. The molecule has 2 aliphatic heterocycles. The zero-order chi connectivity index (χ0) is 40.6. The van der Waals surface area contributed by atoms with Gasteiger partial charge in [-0.05, 0) is 116 Å². The van der Waals surface area contributed by atoms with E-state index in [-0.39, 0.29) is 33.5 Å². The number of aliphatic hydroxyl groups is 8. The second kappa shape index (κ2) is 15.6. The van der Waals surface area contributed by atoms with E-state index >= 15 is 0 Å². The molecule has 6 aliphatic rings. The minimum atomic E-state index is -1.74. The fourth-order valence-corrected chi connectivity index (χ4v) is 13.5. The quantitative estimate of drug-likeness (QED) is 0.119. The summed E-state index contributed by atoms with van der Waals surface area (Å²) in [4.78, 5) is 0. The Bertz CT molecular complexity index is 1420. The van der Waals surface area contributed by atoms with Crippen molar-refractivity contribution in [1.82, 2.24) is 0 Å². The van der Waals surface area contributed by atoms with Crippen LogP contribution in [-0.4, -0.2) is 128 Å². The Balaban J connectivity index is 1.24. The van der Waals surface area contributed by atoms with Crippen LogP contribution in [0.4, 0.5) is 0 Å². The first-order valence-corrected chi connectivity index (χ1v) is 20.9. The molecule has 0 unspecified atom stereocenters. The maximum absolute atomic E-state index is 12.3. The van der Waals surface area contributed by atoms with Gasteiger partial charge in [-0.15, -0.1) is 0 Å². The van der Waals surface area contributed by atoms with E-state index in [1.165, 1.54) is 11.1 Å². The van der Waals surface area contributed by atoms with E-state index in [1.807, 2.05) is 0 Å². The number of ether oxygens (including phenoxy) is 4. The van der Waals surface area contributed by atoms with Gasteiger partial charge in [0.25, 0.3) is 0 Å². The third kappa shape index (κ3) is 6.74. The molecule has 4 aliphatic carbocycles. The van der Waals surface area contributed by atoms with Crippen molar-refractivity contribution in [2.24, 2.45) is 44.8 Å². The van der Waals surface area contributed by atoms with Crippen molar-refractivity contribution in [2.75, 3.05) is 13.2 Å². The Morgan fingerprint density at radius 2 is 1.31 bits per heavy atom. The van der Waals surface area contributed by atoms with Crippen LogP contribution in [0.2, 0.25) is 0 Å². The second-order valence-corrected chi connectivity index (χ2v) is 20.0. The average Bonchev–Trinajstić information content (AvgIpc) is 3.50. The minimum Gasteiger partial charge on any atom is -0.394 e. The summed E-state index contributed by atoms with van der Waals surface area (Å²) in [5.74, 6) is 0.671. The first-order valence-electron chi connectivity index (χ1n) is 20.9. The van der Waals surface area contributed by atoms with Crippen molar-refractivity contribution in [3.63, 3.8) is 0 Å². The van der Waals surface area contributed by atoms with E-state index in [2.05, 4.69) is 68.0 Å². The lowest BCUT2D eigenvalue weighted by atomic mass is 9.29. The summed E-state index contributed by atoms with van der Waals surface area (Å²) in [6, 6.07) is 0. The summed E-state index contributed by atoms with van der Waals surface area (Å²) in [6.45, 7) is 21.9. The fraction of sp³-hybridized carbons (Fsp3) is 0.907. The highest BCUT2D eigenvalue weighted by Crippen LogP contribution is 2.80. The van der Waals surface area contributed by atoms with E-state index in [1.54, 1.807) is 0 Å². The van der Waals surface area contributed by atoms with Crippen LogP contribution in [0.15, 0.2) is 23.8 Å². The zero-order valence-electron chi connectivity index (χ0n) is 34.4. The normalized spacial score (nSPS) is 52.1. The molecule has 8 N–H and O–H groups in total. The van der Waals surface area contributed by atoms with Gasteiger partial charge in [0.2, 0.25) is 0 Å². The number of hydrogen-bond donors (Lipinski definition) is 8. The molecule has 0 bridgehead atoms. The highest BCUT2D eigenvalue weighted by atomic mass is 16.8. The van der Waals surface area contributed by atoms with Gasteiger partial charge >= 0.3 is 0 Å². The number of fused-ring (bicyclic) bond motifs is 5. The Kier molecular flexibility index (Phi) is 12.3. The molecule has 6 rings (SSSR count). The van der Waals surface area contributed by atoms with E-state index in [4.69, 9.17) is 18.9 Å². The molecule has 0 amide bonds. The molecule has 2 heterocycles. The number of aliphatic hydroxyl groups excluding tert-OH is 8. The van der Waals surface area contributed by atoms with Gasteiger partial charge in [0, 0.05) is 0 Å². The summed E-state index contributed by atoms with van der Waals surface area (Å²) >= 11 is 0. The lowest BCUT2D eigenvalue weighted by Crippen LogP contribution is -2.71. The van der Waals surface area contributed by atoms with Gasteiger partial charge in [0.15, 0.2) is 12.6 Å². The standard InChI is InChI=1S/C43H72O12/c1-22(2)11-10-12-23(3)24-13-16-41(7)30(24)25(46)19-43(9)40(6)17-15-29(39(4,5)28(40)14-18-42(41,43)8)54-38-36(34(50)32(48)27(21-45)53-38)55-37-35(51)33(49)31(47)26(20-44)52-37/h11,24-38,44-51H,3,10,12-21H2,1-2,4-9H3/t24-,25-,26-,27-,28+,29+,30+,31-,32-,33+,34+,35-,36-,37+,38-,40+,41-,42+,43-/m1/s1. The SMILES string of the molecule is C=C(CCC=C(C)C)[C@H]1CC[C@]2(C)[C@@H]1[C@H](O)C[C@@]1(C)[C@@]2(C)CC[C@H]2C(C)(C)[C@@H](O[C@H]3O[C@H](CO)[C@@H](O)[C@H](O)[C@H]3O[C@@H]3O[C@H](CO)[C@@H](O)[C@H](O)[C@H]3O)CC[C@@]21C. The predicted octanol–water partition coefficient (Wildman–Crippen LogP) is 3.34. The van der Waals surface area contributed by atoms with Gasteiger partial charge in [0.1, 0.15) is 48.8 Å². The molecule has 0 aromatic heterocycles. The first-order chi connectivity index (χ1) is 25.6. The molecule has 2 saturated heterocycles. The van der Waals surface area contributed by atoms with E-state index in [9.17, 15) is 40.9 Å². The van der Waals surface area contributed by atoms with E-state index in [0.717, 1.165) is 51.4 Å². The van der Waals surface area contributed by atoms with Crippen molar-refractivity contribution in [3.05, 3.63) is 23.8 Å². The largest absolute Gasteiger partial charge is 0.394 e. The number of allylic oxidation sites excluding steroid dienone is 3. The summed E-state index contributed by atoms with van der Waals surface area (Å²) < 4.78 is 24.5. The highest BCUT2D eigenvalue weighted by Gasteiger charge is 2.75. The monoisotopic (exact) mass is 781 g/mol. The van der Waals surface area contributed by atoms with Crippen LogP contribution in [0.1, 0.15) is 113 Å². The Morgan fingerprint density at radius 1 is 0.709 bits per heavy atom. The van der Waals surface area contributed by atoms with Crippen LogP contribution in [0.25, 0.3) is 0 Å². The van der Waals surface area contributed by atoms with E-state index in [0.29, 0.717) is 12.3 Å². The van der Waals surface area contributed by atoms with Crippen LogP contribution >= 0.6 is 0 Å². The Morgan fingerprint density at radius 3 is 1.93 bits per heavy atom. The summed E-state index contributed by atoms with van der Waals surface area (Å²) in [5.41, 5.74) is 1.74. The zero-order valence-corrected chi connectivity index (χ0v) is 34.4. The fourth-order valence-electron chi connectivity index (χ4n) is 13.5. The molecule has 12 heteroatoms. The minimum absolute atomic E-state index is 0.0285. The first kappa shape index (κ1) is 43.6. The lowest BCUT2D eigenvalue weighted by Gasteiger charge is -2.75. The van der Waals surface area contributed by atoms with Gasteiger partial charge < -0.3 is 59.8 Å². The molecule has 0 aromatic carbocycles. The molecular formula is C43H72O12. The lowest BCUT2D eigenvalue weighted by molar-refractivity contribution is -0.380. The highest BCUT2D eigenvalue weighted by molar-refractivity contribution is 5.26. The van der Waals surface area contributed by atoms with Crippen molar-refractivity contribution in [1.29, 1.82) is 0 Å². The molecule has 6 fully saturated rings. The second-order valence-electron chi connectivity index (χ2n) is 20.0. The Hall–Kier alpha value is -1.00. The van der Waals surface area contributed by atoms with Crippen molar-refractivity contribution >= 4 is 0 Å². The van der Waals surface area contributed by atoms with Crippen LogP contribution in [0.3, 0.4) is 0 Å². The number of rotatable bonds is 10. The maximum Gasteiger partial charge on any atom is 0.187 e. The molecule has 316 valence electrons. The molecule has 55 heavy (non-hydrogen) atoms. The van der Waals surface area contributed by atoms with Crippen molar-refractivity contribution in [3.8, 4) is 0 Å².